The minimum atomic E-state index is -4.54. The number of likely N-dealkylation sites (tertiary alicyclic amines) is 1. The van der Waals surface area contributed by atoms with Crippen molar-refractivity contribution in [2.24, 2.45) is 0 Å². The van der Waals surface area contributed by atoms with Crippen molar-refractivity contribution < 1.29 is 32.2 Å². The molecule has 0 spiro atoms. The van der Waals surface area contributed by atoms with Crippen molar-refractivity contribution in [3.8, 4) is 17.4 Å². The zero-order valence-corrected chi connectivity index (χ0v) is 14.6. The van der Waals surface area contributed by atoms with Crippen LogP contribution in [0, 0.1) is 0 Å². The number of carbonyl (C=O) groups is 1. The van der Waals surface area contributed by atoms with Crippen LogP contribution in [0.5, 0.6) is 17.4 Å². The molecule has 1 aliphatic rings. The Morgan fingerprint density at radius 2 is 1.74 bits per heavy atom. The maximum atomic E-state index is 12.7. The number of ether oxygens (including phenoxy) is 3. The number of pyridine rings is 1. The minimum Gasteiger partial charge on any atom is -0.497 e. The van der Waals surface area contributed by atoms with E-state index in [0.29, 0.717) is 17.1 Å². The number of nitrogens with zero attached hydrogens (tertiary/aromatic N) is 2. The third-order valence-corrected chi connectivity index (χ3v) is 4.04. The molecule has 1 aromatic heterocycles. The molecule has 2 aromatic rings. The Morgan fingerprint density at radius 1 is 1.11 bits per heavy atom. The van der Waals surface area contributed by atoms with Crippen molar-refractivity contribution in [2.45, 2.75) is 12.3 Å². The molecule has 3 rings (SSSR count). The van der Waals surface area contributed by atoms with E-state index in [9.17, 15) is 18.0 Å². The molecule has 6 nitrogen and oxygen atoms in total. The van der Waals surface area contributed by atoms with Crippen LogP contribution in [0.2, 0.25) is 0 Å². The Balaban J connectivity index is 1.62. The lowest BCUT2D eigenvalue weighted by molar-refractivity contribution is -0.141. The van der Waals surface area contributed by atoms with Crippen LogP contribution in [0.4, 0.5) is 13.2 Å². The number of carbonyl (C=O) groups excluding carboxylic acids is 1. The average molecular weight is 382 g/mol. The molecular weight excluding hydrogens is 365 g/mol. The molecule has 9 heteroatoms. The molecule has 0 bridgehead atoms. The van der Waals surface area contributed by atoms with Gasteiger partial charge in [0.05, 0.1) is 27.3 Å². The molecular formula is C18H17F3N2O4. The summed E-state index contributed by atoms with van der Waals surface area (Å²) in [5.74, 6) is 0.604. The van der Waals surface area contributed by atoms with Gasteiger partial charge in [0.2, 0.25) is 5.88 Å². The number of amides is 1. The van der Waals surface area contributed by atoms with Gasteiger partial charge >= 0.3 is 6.18 Å². The van der Waals surface area contributed by atoms with Gasteiger partial charge < -0.3 is 19.1 Å². The van der Waals surface area contributed by atoms with E-state index in [1.807, 2.05) is 0 Å². The highest BCUT2D eigenvalue weighted by molar-refractivity contribution is 5.95. The number of aromatic nitrogens is 1. The monoisotopic (exact) mass is 382 g/mol. The van der Waals surface area contributed by atoms with Crippen molar-refractivity contribution in [3.05, 3.63) is 47.7 Å². The van der Waals surface area contributed by atoms with Gasteiger partial charge in [0.1, 0.15) is 23.3 Å². The number of halogens is 3. The summed E-state index contributed by atoms with van der Waals surface area (Å²) in [6.45, 7) is 0.493. The van der Waals surface area contributed by atoms with Crippen LogP contribution < -0.4 is 14.2 Å². The second-order valence-corrected chi connectivity index (χ2v) is 5.91. The maximum absolute atomic E-state index is 12.7. The van der Waals surface area contributed by atoms with Crippen LogP contribution in [0.1, 0.15) is 16.1 Å². The summed E-state index contributed by atoms with van der Waals surface area (Å²) in [5, 5.41) is 0. The highest BCUT2D eigenvalue weighted by Gasteiger charge is 2.35. The van der Waals surface area contributed by atoms with E-state index in [1.54, 1.807) is 18.2 Å². The van der Waals surface area contributed by atoms with E-state index in [-0.39, 0.29) is 24.9 Å². The van der Waals surface area contributed by atoms with Gasteiger partial charge in [0.15, 0.2) is 0 Å². The zero-order chi connectivity index (χ0) is 19.6. The molecule has 0 N–H and O–H groups in total. The smallest absolute Gasteiger partial charge is 0.433 e. The van der Waals surface area contributed by atoms with E-state index in [0.717, 1.165) is 6.07 Å². The summed E-state index contributed by atoms with van der Waals surface area (Å²) < 4.78 is 53.8. The second-order valence-electron chi connectivity index (χ2n) is 5.91. The first kappa shape index (κ1) is 18.8. The van der Waals surface area contributed by atoms with E-state index >= 15 is 0 Å². The van der Waals surface area contributed by atoms with Crippen LogP contribution in [0.25, 0.3) is 0 Å². The van der Waals surface area contributed by atoms with Crippen molar-refractivity contribution in [2.75, 3.05) is 27.3 Å². The number of hydrogen-bond acceptors (Lipinski definition) is 5. The summed E-state index contributed by atoms with van der Waals surface area (Å²) in [6.07, 6.45) is -4.95. The number of rotatable bonds is 5. The van der Waals surface area contributed by atoms with E-state index in [1.165, 1.54) is 31.3 Å². The lowest BCUT2D eigenvalue weighted by atomic mass is 10.1. The summed E-state index contributed by atoms with van der Waals surface area (Å²) >= 11 is 0. The Bertz CT molecular complexity index is 813. The normalized spacial score (nSPS) is 14.5. The van der Waals surface area contributed by atoms with Crippen molar-refractivity contribution in [1.82, 2.24) is 9.88 Å². The lowest BCUT2D eigenvalue weighted by Gasteiger charge is -2.38. The van der Waals surface area contributed by atoms with Crippen LogP contribution in [-0.4, -0.2) is 49.2 Å². The Hall–Kier alpha value is -2.97. The van der Waals surface area contributed by atoms with Gasteiger partial charge in [-0.3, -0.25) is 4.79 Å². The number of methoxy groups -OCH3 is 2. The Kier molecular flexibility index (Phi) is 5.11. The van der Waals surface area contributed by atoms with Gasteiger partial charge in [-0.1, -0.05) is 6.07 Å². The highest BCUT2D eigenvalue weighted by atomic mass is 19.4. The number of hydrogen-bond donors (Lipinski definition) is 0. The summed E-state index contributed by atoms with van der Waals surface area (Å²) in [6, 6.07) is 8.29. The number of benzene rings is 1. The predicted octanol–water partition coefficient (Wildman–Crippen LogP) is 3.02. The Morgan fingerprint density at radius 3 is 2.30 bits per heavy atom. The van der Waals surface area contributed by atoms with E-state index in [2.05, 4.69) is 4.98 Å². The molecule has 0 atom stereocenters. The second kappa shape index (κ2) is 7.34. The van der Waals surface area contributed by atoms with Gasteiger partial charge in [0.25, 0.3) is 5.91 Å². The highest BCUT2D eigenvalue weighted by Crippen LogP contribution is 2.29. The first-order valence-corrected chi connectivity index (χ1v) is 8.03. The number of alkyl halides is 3. The first-order valence-electron chi connectivity index (χ1n) is 8.03. The largest absolute Gasteiger partial charge is 0.497 e. The lowest BCUT2D eigenvalue weighted by Crippen LogP contribution is -2.56. The summed E-state index contributed by atoms with van der Waals surface area (Å²) in [4.78, 5) is 17.5. The minimum absolute atomic E-state index is 0.120. The quantitative estimate of drug-likeness (QED) is 0.796. The molecule has 1 amide bonds. The van der Waals surface area contributed by atoms with Crippen molar-refractivity contribution in [3.63, 3.8) is 0 Å². The molecule has 1 saturated heterocycles. The SMILES string of the molecule is COc1cc(OC)cc(C(=O)N2CC(Oc3cccc(C(F)(F)F)n3)C2)c1. The van der Waals surface area contributed by atoms with Gasteiger partial charge in [-0.15, -0.1) is 0 Å². The van der Waals surface area contributed by atoms with Gasteiger partial charge in [-0.2, -0.15) is 13.2 Å². The third kappa shape index (κ3) is 4.24. The van der Waals surface area contributed by atoms with E-state index < -0.39 is 18.0 Å². The topological polar surface area (TPSA) is 60.9 Å². The maximum Gasteiger partial charge on any atom is 0.433 e. The molecule has 0 unspecified atom stereocenters. The fourth-order valence-corrected chi connectivity index (χ4v) is 2.60. The molecule has 27 heavy (non-hydrogen) atoms. The zero-order valence-electron chi connectivity index (χ0n) is 14.6. The third-order valence-electron chi connectivity index (χ3n) is 4.04. The summed E-state index contributed by atoms with van der Waals surface area (Å²) in [5.41, 5.74) is -0.627. The fraction of sp³-hybridized carbons (Fsp3) is 0.333. The molecule has 1 aromatic carbocycles. The first-order chi connectivity index (χ1) is 12.8. The molecule has 0 saturated carbocycles. The van der Waals surface area contributed by atoms with Crippen molar-refractivity contribution >= 4 is 5.91 Å². The Labute approximate surface area is 153 Å². The van der Waals surface area contributed by atoms with Crippen LogP contribution in [-0.2, 0) is 6.18 Å². The molecule has 1 fully saturated rings. The van der Waals surface area contributed by atoms with E-state index in [4.69, 9.17) is 14.2 Å². The predicted molar refractivity (Wildman–Crippen MR) is 89.1 cm³/mol. The van der Waals surface area contributed by atoms with Crippen molar-refractivity contribution in [1.29, 1.82) is 0 Å². The molecule has 2 heterocycles. The summed E-state index contributed by atoms with van der Waals surface area (Å²) in [7, 11) is 2.97. The molecule has 0 radical (unpaired) electrons. The van der Waals surface area contributed by atoms with Gasteiger partial charge in [0, 0.05) is 17.7 Å². The van der Waals surface area contributed by atoms with Crippen LogP contribution >= 0.6 is 0 Å². The van der Waals surface area contributed by atoms with Crippen LogP contribution in [0.3, 0.4) is 0 Å². The average Bonchev–Trinajstić information content (AvgIpc) is 2.62. The standard InChI is InChI=1S/C18H17F3N2O4/c1-25-12-6-11(7-13(8-12)26-2)17(24)23-9-14(10-23)27-16-5-3-4-15(22-16)18(19,20)21/h3-8,14H,9-10H2,1-2H3. The van der Waals surface area contributed by atoms with Gasteiger partial charge in [-0.25, -0.2) is 4.98 Å². The van der Waals surface area contributed by atoms with Crippen LogP contribution in [0.15, 0.2) is 36.4 Å². The van der Waals surface area contributed by atoms with Gasteiger partial charge in [-0.05, 0) is 18.2 Å². The molecule has 144 valence electrons. The molecule has 1 aliphatic heterocycles. The molecule has 0 aliphatic carbocycles. The fourth-order valence-electron chi connectivity index (χ4n) is 2.60.